The van der Waals surface area contributed by atoms with Gasteiger partial charge >= 0.3 is 0 Å². The Morgan fingerprint density at radius 1 is 1.29 bits per heavy atom. The molecule has 114 valence electrons. The molecular weight excluding hydrogens is 268 g/mol. The average molecular weight is 290 g/mol. The molecule has 2 rings (SSSR count). The van der Waals surface area contributed by atoms with Gasteiger partial charge in [-0.15, -0.1) is 0 Å². The van der Waals surface area contributed by atoms with Crippen LogP contribution >= 0.6 is 0 Å². The van der Waals surface area contributed by atoms with Crippen molar-refractivity contribution >= 4 is 0 Å². The molecule has 1 aromatic heterocycles. The van der Waals surface area contributed by atoms with Crippen molar-refractivity contribution in [3.63, 3.8) is 0 Å². The molecule has 2 aromatic rings. The van der Waals surface area contributed by atoms with Crippen molar-refractivity contribution in [2.75, 3.05) is 14.2 Å². The number of hydrogen-bond acceptors (Lipinski definition) is 5. The summed E-state index contributed by atoms with van der Waals surface area (Å²) >= 11 is 0. The van der Waals surface area contributed by atoms with Gasteiger partial charge in [-0.2, -0.15) is 5.10 Å². The number of rotatable bonds is 6. The van der Waals surface area contributed by atoms with E-state index in [2.05, 4.69) is 17.4 Å². The van der Waals surface area contributed by atoms with Gasteiger partial charge < -0.3 is 9.47 Å². The van der Waals surface area contributed by atoms with Crippen LogP contribution in [0.5, 0.6) is 11.5 Å². The maximum atomic E-state index is 5.79. The van der Waals surface area contributed by atoms with E-state index >= 15 is 0 Å². The molecule has 1 atom stereocenters. The van der Waals surface area contributed by atoms with Crippen LogP contribution in [-0.4, -0.2) is 24.0 Å². The smallest absolute Gasteiger partial charge is 0.127 e. The van der Waals surface area contributed by atoms with Gasteiger partial charge in [0.2, 0.25) is 0 Å². The summed E-state index contributed by atoms with van der Waals surface area (Å²) in [7, 11) is 5.17. The molecule has 0 amide bonds. The average Bonchev–Trinajstić information content (AvgIpc) is 2.89. The van der Waals surface area contributed by atoms with Gasteiger partial charge in [0.15, 0.2) is 0 Å². The van der Waals surface area contributed by atoms with Gasteiger partial charge in [0, 0.05) is 30.4 Å². The zero-order chi connectivity index (χ0) is 15.4. The largest absolute Gasteiger partial charge is 0.497 e. The topological polar surface area (TPSA) is 74.3 Å². The van der Waals surface area contributed by atoms with Gasteiger partial charge in [-0.05, 0) is 18.6 Å². The van der Waals surface area contributed by atoms with Gasteiger partial charge in [0.1, 0.15) is 11.5 Å². The zero-order valence-corrected chi connectivity index (χ0v) is 12.9. The van der Waals surface area contributed by atoms with Crippen LogP contribution in [0.4, 0.5) is 0 Å². The summed E-state index contributed by atoms with van der Waals surface area (Å²) in [6.07, 6.45) is 2.82. The summed E-state index contributed by atoms with van der Waals surface area (Å²) in [5.41, 5.74) is 5.87. The molecule has 0 bridgehead atoms. The maximum Gasteiger partial charge on any atom is 0.127 e. The van der Waals surface area contributed by atoms with E-state index in [1.54, 1.807) is 18.9 Å². The molecule has 0 saturated heterocycles. The molecule has 0 aliphatic carbocycles. The zero-order valence-electron chi connectivity index (χ0n) is 12.9. The van der Waals surface area contributed by atoms with Crippen LogP contribution in [0, 0.1) is 0 Å². The normalized spacial score (nSPS) is 12.2. The highest BCUT2D eigenvalue weighted by Gasteiger charge is 2.22. The molecule has 0 saturated carbocycles. The Kier molecular flexibility index (Phi) is 4.82. The van der Waals surface area contributed by atoms with E-state index in [9.17, 15) is 0 Å². The van der Waals surface area contributed by atoms with Crippen LogP contribution in [0.3, 0.4) is 0 Å². The van der Waals surface area contributed by atoms with Crippen molar-refractivity contribution in [3.8, 4) is 11.5 Å². The van der Waals surface area contributed by atoms with Gasteiger partial charge in [-0.3, -0.25) is 10.5 Å². The quantitative estimate of drug-likeness (QED) is 0.624. The SMILES string of the molecule is CCc1nn(C)cc1C(NN)c1ccc(OC)cc1OC. The van der Waals surface area contributed by atoms with Crippen LogP contribution in [0.25, 0.3) is 0 Å². The molecule has 0 aliphatic heterocycles. The number of methoxy groups -OCH3 is 2. The summed E-state index contributed by atoms with van der Waals surface area (Å²) in [4.78, 5) is 0. The minimum Gasteiger partial charge on any atom is -0.497 e. The lowest BCUT2D eigenvalue weighted by molar-refractivity contribution is 0.387. The van der Waals surface area contributed by atoms with Crippen molar-refractivity contribution in [1.29, 1.82) is 0 Å². The third-order valence-corrected chi connectivity index (χ3v) is 3.50. The molecule has 3 N–H and O–H groups in total. The Morgan fingerprint density at radius 3 is 2.62 bits per heavy atom. The number of nitrogens with one attached hydrogen (secondary N) is 1. The fourth-order valence-electron chi connectivity index (χ4n) is 2.47. The fraction of sp³-hybridized carbons (Fsp3) is 0.400. The lowest BCUT2D eigenvalue weighted by Crippen LogP contribution is -2.29. The molecule has 21 heavy (non-hydrogen) atoms. The first-order valence-corrected chi connectivity index (χ1v) is 6.85. The molecule has 1 unspecified atom stereocenters. The predicted molar refractivity (Wildman–Crippen MR) is 81.3 cm³/mol. The third kappa shape index (κ3) is 3.01. The number of hydrazine groups is 1. The minimum atomic E-state index is -0.186. The van der Waals surface area contributed by atoms with Crippen LogP contribution < -0.4 is 20.7 Å². The Morgan fingerprint density at radius 2 is 2.05 bits per heavy atom. The molecule has 0 fully saturated rings. The summed E-state index contributed by atoms with van der Waals surface area (Å²) in [5.74, 6) is 7.26. The lowest BCUT2D eigenvalue weighted by Gasteiger charge is -2.19. The van der Waals surface area contributed by atoms with Crippen LogP contribution in [0.1, 0.15) is 29.8 Å². The molecule has 1 aromatic carbocycles. The standard InChI is InChI=1S/C15H22N4O2/c1-5-13-12(9-19(2)18-13)15(17-16)11-7-6-10(20-3)8-14(11)21-4/h6-9,15,17H,5,16H2,1-4H3. The van der Waals surface area contributed by atoms with E-state index in [1.165, 1.54) is 0 Å². The number of hydrogen-bond donors (Lipinski definition) is 2. The van der Waals surface area contributed by atoms with Crippen LogP contribution in [0.2, 0.25) is 0 Å². The minimum absolute atomic E-state index is 0.186. The highest BCUT2D eigenvalue weighted by atomic mass is 16.5. The molecule has 0 radical (unpaired) electrons. The Labute approximate surface area is 124 Å². The summed E-state index contributed by atoms with van der Waals surface area (Å²) < 4.78 is 12.5. The second-order valence-electron chi connectivity index (χ2n) is 4.77. The highest BCUT2D eigenvalue weighted by Crippen LogP contribution is 2.33. The number of nitrogens with two attached hydrogens (primary N) is 1. The lowest BCUT2D eigenvalue weighted by atomic mass is 9.98. The number of aryl methyl sites for hydroxylation is 2. The van der Waals surface area contributed by atoms with Crippen molar-refractivity contribution in [2.45, 2.75) is 19.4 Å². The molecule has 6 heteroatoms. The first-order valence-electron chi connectivity index (χ1n) is 6.85. The van der Waals surface area contributed by atoms with E-state index in [4.69, 9.17) is 15.3 Å². The molecule has 0 aliphatic rings. The maximum absolute atomic E-state index is 5.79. The Bertz CT molecular complexity index is 610. The van der Waals surface area contributed by atoms with E-state index in [0.717, 1.165) is 34.7 Å². The number of aromatic nitrogens is 2. The number of benzene rings is 1. The molecular formula is C15H22N4O2. The number of nitrogens with zero attached hydrogens (tertiary/aromatic N) is 2. The second kappa shape index (κ2) is 6.60. The van der Waals surface area contributed by atoms with E-state index < -0.39 is 0 Å². The first kappa shape index (κ1) is 15.3. The van der Waals surface area contributed by atoms with E-state index in [1.807, 2.05) is 31.4 Å². The summed E-state index contributed by atoms with van der Waals surface area (Å²) in [6, 6.07) is 5.51. The van der Waals surface area contributed by atoms with Crippen molar-refractivity contribution in [2.24, 2.45) is 12.9 Å². The number of ether oxygens (including phenoxy) is 2. The fourth-order valence-corrected chi connectivity index (χ4v) is 2.47. The Balaban J connectivity index is 2.50. The highest BCUT2D eigenvalue weighted by molar-refractivity contribution is 5.46. The van der Waals surface area contributed by atoms with Crippen molar-refractivity contribution < 1.29 is 9.47 Å². The summed E-state index contributed by atoms with van der Waals surface area (Å²) in [5, 5.41) is 4.47. The van der Waals surface area contributed by atoms with Gasteiger partial charge in [-0.25, -0.2) is 5.43 Å². The van der Waals surface area contributed by atoms with Crippen molar-refractivity contribution in [3.05, 3.63) is 41.2 Å². The van der Waals surface area contributed by atoms with Crippen LogP contribution in [-0.2, 0) is 13.5 Å². The van der Waals surface area contributed by atoms with E-state index in [-0.39, 0.29) is 6.04 Å². The predicted octanol–water partition coefficient (Wildman–Crippen LogP) is 1.55. The summed E-state index contributed by atoms with van der Waals surface area (Å²) in [6.45, 7) is 2.07. The molecule has 0 spiro atoms. The monoisotopic (exact) mass is 290 g/mol. The van der Waals surface area contributed by atoms with E-state index in [0.29, 0.717) is 0 Å². The first-order chi connectivity index (χ1) is 10.1. The molecule has 1 heterocycles. The molecule has 6 nitrogen and oxygen atoms in total. The van der Waals surface area contributed by atoms with Crippen molar-refractivity contribution in [1.82, 2.24) is 15.2 Å². The van der Waals surface area contributed by atoms with Crippen LogP contribution in [0.15, 0.2) is 24.4 Å². The second-order valence-corrected chi connectivity index (χ2v) is 4.77. The van der Waals surface area contributed by atoms with Gasteiger partial charge in [-0.1, -0.05) is 6.92 Å². The van der Waals surface area contributed by atoms with Gasteiger partial charge in [0.05, 0.1) is 26.0 Å². The third-order valence-electron chi connectivity index (χ3n) is 3.50. The Hall–Kier alpha value is -2.05. The van der Waals surface area contributed by atoms with Gasteiger partial charge in [0.25, 0.3) is 0 Å².